The summed E-state index contributed by atoms with van der Waals surface area (Å²) in [4.78, 5) is 19.7. The van der Waals surface area contributed by atoms with Crippen LogP contribution in [0.2, 0.25) is 0 Å². The first kappa shape index (κ1) is 17.0. The van der Waals surface area contributed by atoms with Crippen LogP contribution in [0.4, 0.5) is 0 Å². The Labute approximate surface area is 146 Å². The molecule has 24 heavy (non-hydrogen) atoms. The van der Waals surface area contributed by atoms with Crippen molar-refractivity contribution in [1.82, 2.24) is 24.8 Å². The van der Waals surface area contributed by atoms with Crippen molar-refractivity contribution >= 4 is 17.4 Å². The molecule has 1 atom stereocenters. The summed E-state index contributed by atoms with van der Waals surface area (Å²) in [5.74, 6) is 0.167. The van der Waals surface area contributed by atoms with E-state index in [2.05, 4.69) is 30.9 Å². The maximum Gasteiger partial charge on any atom is 0.265 e. The number of carbonyl (C=O) groups is 1. The number of nitrogens with zero attached hydrogens (tertiary/aromatic N) is 4. The van der Waals surface area contributed by atoms with E-state index >= 15 is 0 Å². The summed E-state index contributed by atoms with van der Waals surface area (Å²) in [6.07, 6.45) is 5.79. The first-order valence-electron chi connectivity index (χ1n) is 8.38. The van der Waals surface area contributed by atoms with Crippen molar-refractivity contribution < 1.29 is 4.79 Å². The van der Waals surface area contributed by atoms with Crippen molar-refractivity contribution in [3.05, 3.63) is 40.7 Å². The first-order chi connectivity index (χ1) is 11.6. The molecule has 1 amide bonds. The van der Waals surface area contributed by atoms with Gasteiger partial charge in [-0.3, -0.25) is 14.7 Å². The van der Waals surface area contributed by atoms with Gasteiger partial charge in [0.25, 0.3) is 5.91 Å². The summed E-state index contributed by atoms with van der Waals surface area (Å²) in [7, 11) is 0. The lowest BCUT2D eigenvalue weighted by Crippen LogP contribution is -2.47. The van der Waals surface area contributed by atoms with Gasteiger partial charge in [-0.2, -0.15) is 0 Å². The minimum absolute atomic E-state index is 0.0399. The third kappa shape index (κ3) is 4.15. The van der Waals surface area contributed by atoms with Gasteiger partial charge in [-0.25, -0.2) is 0 Å². The molecule has 0 bridgehead atoms. The second-order valence-electron chi connectivity index (χ2n) is 6.55. The average Bonchev–Trinajstić information content (AvgIpc) is 3.06. The highest BCUT2D eigenvalue weighted by Crippen LogP contribution is 2.20. The van der Waals surface area contributed by atoms with Crippen LogP contribution in [0.1, 0.15) is 53.5 Å². The van der Waals surface area contributed by atoms with Gasteiger partial charge in [0.05, 0.1) is 5.69 Å². The zero-order valence-corrected chi connectivity index (χ0v) is 14.9. The summed E-state index contributed by atoms with van der Waals surface area (Å²) in [5.41, 5.74) is 2.00. The van der Waals surface area contributed by atoms with Crippen molar-refractivity contribution in [3.8, 4) is 0 Å². The lowest BCUT2D eigenvalue weighted by molar-refractivity contribution is 0.0903. The standard InChI is InChI=1S/C17H23N5OS/c1-12(2)15-16(24-21-20-15)17(23)19-14-6-4-8-22(11-14)10-13-5-3-7-18-9-13/h3,5,7,9,12,14H,4,6,8,10-11H2,1-2H3,(H,19,23)/t14-/m0/s1. The van der Waals surface area contributed by atoms with E-state index in [1.807, 2.05) is 26.1 Å². The van der Waals surface area contributed by atoms with Crippen molar-refractivity contribution in [2.45, 2.75) is 45.2 Å². The van der Waals surface area contributed by atoms with Crippen molar-refractivity contribution in [1.29, 1.82) is 0 Å². The maximum absolute atomic E-state index is 12.6. The molecule has 1 fully saturated rings. The normalized spacial score (nSPS) is 18.7. The molecule has 0 saturated carbocycles. The number of rotatable bonds is 5. The molecule has 1 saturated heterocycles. The smallest absolute Gasteiger partial charge is 0.265 e. The van der Waals surface area contributed by atoms with E-state index in [1.165, 1.54) is 17.1 Å². The Hall–Kier alpha value is -1.86. The molecule has 7 heteroatoms. The topological polar surface area (TPSA) is 71.0 Å². The second kappa shape index (κ2) is 7.81. The molecule has 1 N–H and O–H groups in total. The minimum Gasteiger partial charge on any atom is -0.347 e. The number of piperidine rings is 1. The minimum atomic E-state index is -0.0399. The highest BCUT2D eigenvalue weighted by molar-refractivity contribution is 7.08. The lowest BCUT2D eigenvalue weighted by Gasteiger charge is -2.33. The third-order valence-corrected chi connectivity index (χ3v) is 4.98. The van der Waals surface area contributed by atoms with Crippen LogP contribution in [-0.2, 0) is 6.54 Å². The van der Waals surface area contributed by atoms with Gasteiger partial charge >= 0.3 is 0 Å². The number of nitrogens with one attached hydrogen (secondary N) is 1. The Morgan fingerprint density at radius 1 is 1.50 bits per heavy atom. The zero-order chi connectivity index (χ0) is 16.9. The molecule has 128 valence electrons. The fraction of sp³-hybridized carbons (Fsp3) is 0.529. The van der Waals surface area contributed by atoms with Crippen LogP contribution < -0.4 is 5.32 Å². The number of aromatic nitrogens is 3. The number of carbonyl (C=O) groups excluding carboxylic acids is 1. The second-order valence-corrected chi connectivity index (χ2v) is 7.31. The first-order valence-corrected chi connectivity index (χ1v) is 9.15. The average molecular weight is 345 g/mol. The molecule has 0 aromatic carbocycles. The summed E-state index contributed by atoms with van der Waals surface area (Å²) in [5, 5.41) is 7.26. The molecule has 3 heterocycles. The molecular weight excluding hydrogens is 322 g/mol. The predicted molar refractivity (Wildman–Crippen MR) is 94.0 cm³/mol. The quantitative estimate of drug-likeness (QED) is 0.901. The fourth-order valence-corrected chi connectivity index (χ4v) is 3.77. The largest absolute Gasteiger partial charge is 0.347 e. The van der Waals surface area contributed by atoms with Crippen LogP contribution in [0.3, 0.4) is 0 Å². The van der Waals surface area contributed by atoms with Gasteiger partial charge in [0.1, 0.15) is 4.88 Å². The van der Waals surface area contributed by atoms with E-state index in [1.54, 1.807) is 6.20 Å². The highest BCUT2D eigenvalue weighted by Gasteiger charge is 2.25. The van der Waals surface area contributed by atoms with E-state index in [-0.39, 0.29) is 17.9 Å². The zero-order valence-electron chi connectivity index (χ0n) is 14.1. The van der Waals surface area contributed by atoms with Crippen molar-refractivity contribution in [3.63, 3.8) is 0 Å². The monoisotopic (exact) mass is 345 g/mol. The van der Waals surface area contributed by atoms with Crippen LogP contribution >= 0.6 is 11.5 Å². The molecular formula is C17H23N5OS. The molecule has 0 radical (unpaired) electrons. The van der Waals surface area contributed by atoms with Gasteiger partial charge in [0.15, 0.2) is 0 Å². The Morgan fingerprint density at radius 2 is 2.38 bits per heavy atom. The van der Waals surface area contributed by atoms with Gasteiger partial charge in [-0.1, -0.05) is 24.4 Å². The molecule has 0 aliphatic carbocycles. The van der Waals surface area contributed by atoms with Crippen LogP contribution in [0.15, 0.2) is 24.5 Å². The van der Waals surface area contributed by atoms with E-state index in [0.29, 0.717) is 4.88 Å². The van der Waals surface area contributed by atoms with E-state index in [0.717, 1.165) is 38.2 Å². The summed E-state index contributed by atoms with van der Waals surface area (Å²) >= 11 is 1.18. The maximum atomic E-state index is 12.6. The number of amides is 1. The van der Waals surface area contributed by atoms with Gasteiger partial charge in [-0.15, -0.1) is 5.10 Å². The predicted octanol–water partition coefficient (Wildman–Crippen LogP) is 2.45. The molecule has 2 aromatic rings. The van der Waals surface area contributed by atoms with Crippen LogP contribution in [0, 0.1) is 0 Å². The van der Waals surface area contributed by atoms with Gasteiger partial charge in [0, 0.05) is 31.5 Å². The van der Waals surface area contributed by atoms with Gasteiger partial charge < -0.3 is 5.32 Å². The van der Waals surface area contributed by atoms with Crippen LogP contribution in [-0.4, -0.2) is 44.5 Å². The number of pyridine rings is 1. The number of hydrogen-bond donors (Lipinski definition) is 1. The molecule has 0 unspecified atom stereocenters. The Balaban J connectivity index is 1.59. The van der Waals surface area contributed by atoms with E-state index in [9.17, 15) is 4.79 Å². The summed E-state index contributed by atoms with van der Waals surface area (Å²) < 4.78 is 3.94. The number of hydrogen-bond acceptors (Lipinski definition) is 6. The fourth-order valence-electron chi connectivity index (χ4n) is 3.05. The molecule has 0 spiro atoms. The summed E-state index contributed by atoms with van der Waals surface area (Å²) in [6.45, 7) is 6.86. The van der Waals surface area contributed by atoms with Crippen LogP contribution in [0.25, 0.3) is 0 Å². The van der Waals surface area contributed by atoms with Crippen LogP contribution in [0.5, 0.6) is 0 Å². The number of likely N-dealkylation sites (tertiary alicyclic amines) is 1. The van der Waals surface area contributed by atoms with Gasteiger partial charge in [-0.05, 0) is 48.5 Å². The van der Waals surface area contributed by atoms with Gasteiger partial charge in [0.2, 0.25) is 0 Å². The molecule has 2 aromatic heterocycles. The lowest BCUT2D eigenvalue weighted by atomic mass is 10.0. The molecule has 1 aliphatic heterocycles. The van der Waals surface area contributed by atoms with Crippen molar-refractivity contribution in [2.75, 3.05) is 13.1 Å². The summed E-state index contributed by atoms with van der Waals surface area (Å²) in [6, 6.07) is 4.22. The molecule has 6 nitrogen and oxygen atoms in total. The Bertz CT molecular complexity index is 673. The third-order valence-electron chi connectivity index (χ3n) is 4.24. The molecule has 3 rings (SSSR count). The Kier molecular flexibility index (Phi) is 5.52. The van der Waals surface area contributed by atoms with E-state index < -0.39 is 0 Å². The van der Waals surface area contributed by atoms with E-state index in [4.69, 9.17) is 0 Å². The molecule has 1 aliphatic rings. The van der Waals surface area contributed by atoms with Crippen molar-refractivity contribution in [2.24, 2.45) is 0 Å². The Morgan fingerprint density at radius 3 is 3.12 bits per heavy atom. The highest BCUT2D eigenvalue weighted by atomic mass is 32.1. The SMILES string of the molecule is CC(C)c1nnsc1C(=O)N[C@H]1CCCN(Cc2cccnc2)C1.